The van der Waals surface area contributed by atoms with Crippen molar-refractivity contribution in [3.8, 4) is 5.82 Å². The van der Waals surface area contributed by atoms with E-state index in [-0.39, 0.29) is 11.8 Å². The number of aromatic nitrogens is 7. The van der Waals surface area contributed by atoms with Crippen LogP contribution in [0.2, 0.25) is 0 Å². The Morgan fingerprint density at radius 2 is 1.96 bits per heavy atom. The average molecular weight is 355 g/mol. The van der Waals surface area contributed by atoms with E-state index in [0.29, 0.717) is 17.3 Å². The summed E-state index contributed by atoms with van der Waals surface area (Å²) in [6, 6.07) is 3.74. The zero-order valence-electron chi connectivity index (χ0n) is 14.1. The molecule has 11 nitrogen and oxygen atoms in total. The van der Waals surface area contributed by atoms with E-state index >= 15 is 0 Å². The molecule has 4 heterocycles. The highest BCUT2D eigenvalue weighted by Gasteiger charge is 2.26. The largest absolute Gasteiger partial charge is 0.355 e. The summed E-state index contributed by atoms with van der Waals surface area (Å²) in [5.74, 6) is 1.63. The van der Waals surface area contributed by atoms with Gasteiger partial charge >= 0.3 is 0 Å². The van der Waals surface area contributed by atoms with Crippen LogP contribution in [0.4, 0.5) is 11.6 Å². The molecule has 0 bridgehead atoms. The number of piperidine rings is 1. The van der Waals surface area contributed by atoms with E-state index in [1.165, 1.54) is 6.33 Å². The number of rotatable bonds is 4. The molecule has 0 aliphatic carbocycles. The van der Waals surface area contributed by atoms with Crippen LogP contribution in [0.3, 0.4) is 0 Å². The fraction of sp³-hybridized carbons (Fsp3) is 0.400. The van der Waals surface area contributed by atoms with Crippen LogP contribution in [0.25, 0.3) is 5.82 Å². The third-order valence-corrected chi connectivity index (χ3v) is 4.37. The van der Waals surface area contributed by atoms with Crippen molar-refractivity contribution >= 4 is 17.5 Å². The van der Waals surface area contributed by atoms with E-state index in [1.54, 1.807) is 17.9 Å². The number of aryl methyl sites for hydroxylation is 1. The lowest BCUT2D eigenvalue weighted by molar-refractivity contribution is -0.120. The molecule has 1 aliphatic rings. The van der Waals surface area contributed by atoms with Gasteiger partial charge in [-0.1, -0.05) is 5.16 Å². The minimum Gasteiger partial charge on any atom is -0.355 e. The molecule has 11 heteroatoms. The molecule has 0 radical (unpaired) electrons. The summed E-state index contributed by atoms with van der Waals surface area (Å²) in [5, 5.41) is 22.6. The number of carbonyl (C=O) groups is 1. The summed E-state index contributed by atoms with van der Waals surface area (Å²) < 4.78 is 6.15. The van der Waals surface area contributed by atoms with E-state index in [2.05, 4.69) is 45.4 Å². The second kappa shape index (κ2) is 6.86. The first kappa shape index (κ1) is 16.1. The van der Waals surface area contributed by atoms with Crippen molar-refractivity contribution in [2.75, 3.05) is 23.3 Å². The number of amides is 1. The molecule has 26 heavy (non-hydrogen) atoms. The number of nitrogens with zero attached hydrogens (tertiary/aromatic N) is 8. The molecule has 4 rings (SSSR count). The number of nitrogens with one attached hydrogen (secondary N) is 1. The molecule has 0 unspecified atom stereocenters. The summed E-state index contributed by atoms with van der Waals surface area (Å²) in [6.45, 7) is 3.19. The van der Waals surface area contributed by atoms with E-state index in [4.69, 9.17) is 0 Å². The van der Waals surface area contributed by atoms with E-state index in [1.807, 2.05) is 12.1 Å². The summed E-state index contributed by atoms with van der Waals surface area (Å²) in [7, 11) is 0. The Bertz CT molecular complexity index is 867. The van der Waals surface area contributed by atoms with E-state index in [9.17, 15) is 4.79 Å². The van der Waals surface area contributed by atoms with Gasteiger partial charge in [0.15, 0.2) is 17.5 Å². The van der Waals surface area contributed by atoms with Gasteiger partial charge in [-0.25, -0.2) is 14.3 Å². The van der Waals surface area contributed by atoms with Crippen molar-refractivity contribution in [1.82, 2.24) is 35.3 Å². The maximum atomic E-state index is 12.4. The minimum atomic E-state index is -0.0790. The van der Waals surface area contributed by atoms with Gasteiger partial charge in [0.05, 0.1) is 0 Å². The quantitative estimate of drug-likeness (QED) is 0.715. The zero-order chi connectivity index (χ0) is 17.9. The molecule has 0 aromatic carbocycles. The Morgan fingerprint density at radius 1 is 1.19 bits per heavy atom. The van der Waals surface area contributed by atoms with E-state index < -0.39 is 0 Å². The number of hydrogen-bond acceptors (Lipinski definition) is 9. The molecule has 0 spiro atoms. The normalized spacial score (nSPS) is 15.2. The van der Waals surface area contributed by atoms with Gasteiger partial charge in [-0.2, -0.15) is 5.10 Å². The second-order valence-corrected chi connectivity index (χ2v) is 6.04. The third-order valence-electron chi connectivity index (χ3n) is 4.37. The van der Waals surface area contributed by atoms with Crippen LogP contribution in [-0.4, -0.2) is 54.3 Å². The molecule has 1 amide bonds. The van der Waals surface area contributed by atoms with Crippen LogP contribution in [-0.2, 0) is 4.79 Å². The molecule has 1 aliphatic heterocycles. The fourth-order valence-corrected chi connectivity index (χ4v) is 2.87. The summed E-state index contributed by atoms with van der Waals surface area (Å²) in [4.78, 5) is 18.4. The van der Waals surface area contributed by atoms with Gasteiger partial charge in [-0.3, -0.25) is 4.79 Å². The molecular formula is C15H17N9O2. The first-order chi connectivity index (χ1) is 12.7. The van der Waals surface area contributed by atoms with E-state index in [0.717, 1.165) is 31.7 Å². The Hall–Kier alpha value is -3.37. The van der Waals surface area contributed by atoms with Gasteiger partial charge < -0.3 is 10.2 Å². The molecule has 1 fully saturated rings. The lowest BCUT2D eigenvalue weighted by Gasteiger charge is -2.31. The standard InChI is InChI=1S/C15H17N9O2/c1-10-14(22-26-21-10)18-15(25)11-4-6-23(7-5-11)12-2-3-13(20-19-12)24-9-16-8-17-24/h2-3,8-9,11H,4-7H2,1H3,(H,18,22,25). The van der Waals surface area contributed by atoms with Gasteiger partial charge in [0.2, 0.25) is 5.91 Å². The monoisotopic (exact) mass is 355 g/mol. The Kier molecular flexibility index (Phi) is 4.25. The topological polar surface area (TPSA) is 128 Å². The predicted molar refractivity (Wildman–Crippen MR) is 89.6 cm³/mol. The average Bonchev–Trinajstić information content (AvgIpc) is 3.35. The van der Waals surface area contributed by atoms with Crippen LogP contribution in [0, 0.1) is 12.8 Å². The van der Waals surface area contributed by atoms with Crippen LogP contribution >= 0.6 is 0 Å². The van der Waals surface area contributed by atoms with Crippen LogP contribution in [0.5, 0.6) is 0 Å². The SMILES string of the molecule is Cc1nonc1NC(=O)C1CCN(c2ccc(-n3cncn3)nn2)CC1. The second-order valence-electron chi connectivity index (χ2n) is 6.04. The highest BCUT2D eigenvalue weighted by atomic mass is 16.6. The Morgan fingerprint density at radius 3 is 2.58 bits per heavy atom. The summed E-state index contributed by atoms with van der Waals surface area (Å²) in [6.07, 6.45) is 4.47. The van der Waals surface area contributed by atoms with Crippen molar-refractivity contribution in [2.24, 2.45) is 5.92 Å². The molecule has 134 valence electrons. The molecule has 1 saturated heterocycles. The lowest BCUT2D eigenvalue weighted by atomic mass is 9.96. The van der Waals surface area contributed by atoms with Gasteiger partial charge in [-0.15, -0.1) is 10.2 Å². The van der Waals surface area contributed by atoms with Crippen molar-refractivity contribution in [3.05, 3.63) is 30.5 Å². The third kappa shape index (κ3) is 3.23. The number of carbonyl (C=O) groups excluding carboxylic acids is 1. The van der Waals surface area contributed by atoms with Crippen molar-refractivity contribution < 1.29 is 9.42 Å². The fourth-order valence-electron chi connectivity index (χ4n) is 2.87. The molecule has 1 N–H and O–H groups in total. The minimum absolute atomic E-state index is 0.0592. The van der Waals surface area contributed by atoms with Crippen molar-refractivity contribution in [3.63, 3.8) is 0 Å². The first-order valence-electron chi connectivity index (χ1n) is 8.24. The summed E-state index contributed by atoms with van der Waals surface area (Å²) >= 11 is 0. The van der Waals surface area contributed by atoms with Gasteiger partial charge in [0.1, 0.15) is 18.3 Å². The maximum absolute atomic E-state index is 12.4. The first-order valence-corrected chi connectivity index (χ1v) is 8.24. The molecular weight excluding hydrogens is 338 g/mol. The highest BCUT2D eigenvalue weighted by Crippen LogP contribution is 2.23. The van der Waals surface area contributed by atoms with Crippen LogP contribution in [0.15, 0.2) is 29.4 Å². The lowest BCUT2D eigenvalue weighted by Crippen LogP contribution is -2.38. The molecule has 3 aromatic rings. The highest BCUT2D eigenvalue weighted by molar-refractivity contribution is 5.92. The number of anilines is 2. The van der Waals surface area contributed by atoms with Crippen LogP contribution < -0.4 is 10.2 Å². The van der Waals surface area contributed by atoms with Crippen molar-refractivity contribution in [1.29, 1.82) is 0 Å². The van der Waals surface area contributed by atoms with Crippen LogP contribution in [0.1, 0.15) is 18.5 Å². The van der Waals surface area contributed by atoms with Gasteiger partial charge in [0.25, 0.3) is 0 Å². The Labute approximate surface area is 148 Å². The molecule has 0 saturated carbocycles. The Balaban J connectivity index is 1.34. The zero-order valence-corrected chi connectivity index (χ0v) is 14.1. The van der Waals surface area contributed by atoms with Gasteiger partial charge in [-0.05, 0) is 37.1 Å². The predicted octanol–water partition coefficient (Wildman–Crippen LogP) is 0.604. The maximum Gasteiger partial charge on any atom is 0.228 e. The van der Waals surface area contributed by atoms with Crippen molar-refractivity contribution in [2.45, 2.75) is 19.8 Å². The molecule has 0 atom stereocenters. The van der Waals surface area contributed by atoms with Gasteiger partial charge in [0, 0.05) is 19.0 Å². The molecule has 3 aromatic heterocycles. The smallest absolute Gasteiger partial charge is 0.228 e. The number of hydrogen-bond donors (Lipinski definition) is 1. The summed E-state index contributed by atoms with van der Waals surface area (Å²) in [5.41, 5.74) is 0.568.